The molecular weight excluding hydrogens is 340 g/mol. The highest BCUT2D eigenvalue weighted by atomic mass is 32.2. The molecule has 136 valence electrons. The van der Waals surface area contributed by atoms with Gasteiger partial charge in [-0.25, -0.2) is 15.1 Å². The first-order valence-electron chi connectivity index (χ1n) is 8.81. The lowest BCUT2D eigenvalue weighted by Crippen LogP contribution is -2.58. The van der Waals surface area contributed by atoms with Crippen LogP contribution in [-0.2, 0) is 10.2 Å². The van der Waals surface area contributed by atoms with Crippen molar-refractivity contribution in [3.05, 3.63) is 18.6 Å². The van der Waals surface area contributed by atoms with Crippen LogP contribution >= 0.6 is 0 Å². The van der Waals surface area contributed by atoms with Gasteiger partial charge in [-0.05, 0) is 37.2 Å². The molecule has 0 amide bonds. The van der Waals surface area contributed by atoms with Gasteiger partial charge < -0.3 is 9.88 Å². The summed E-state index contributed by atoms with van der Waals surface area (Å²) in [5, 5.41) is 6.47. The molecule has 0 spiro atoms. The Kier molecular flexibility index (Phi) is 4.17. The van der Waals surface area contributed by atoms with E-state index in [1.165, 1.54) is 4.31 Å². The lowest BCUT2D eigenvalue weighted by Gasteiger charge is -2.49. The number of aromatic amines is 1. The molecule has 0 aromatic carbocycles. The first kappa shape index (κ1) is 16.7. The summed E-state index contributed by atoms with van der Waals surface area (Å²) in [6.07, 6.45) is 6.15. The lowest BCUT2D eigenvalue weighted by molar-refractivity contribution is 0.0925. The Hall–Kier alpha value is -1.71. The minimum atomic E-state index is -3.66. The number of nitrogens with two attached hydrogens (primary N) is 1. The van der Waals surface area contributed by atoms with E-state index in [1.807, 2.05) is 19.2 Å². The van der Waals surface area contributed by atoms with E-state index in [9.17, 15) is 8.42 Å². The molecule has 9 heteroatoms. The maximum atomic E-state index is 12.0. The SMILES string of the molecule is CCC1C2CN(c3ncnc4[nH]ccc34)CCC2CCN1S(N)(=O)=O. The average molecular weight is 364 g/mol. The summed E-state index contributed by atoms with van der Waals surface area (Å²) in [6.45, 7) is 4.31. The number of fused-ring (bicyclic) bond motifs is 2. The summed E-state index contributed by atoms with van der Waals surface area (Å²) in [7, 11) is -3.66. The zero-order valence-corrected chi connectivity index (χ0v) is 15.1. The van der Waals surface area contributed by atoms with Crippen molar-refractivity contribution in [1.29, 1.82) is 0 Å². The van der Waals surface area contributed by atoms with Gasteiger partial charge >= 0.3 is 0 Å². The van der Waals surface area contributed by atoms with Crippen LogP contribution in [-0.4, -0.2) is 53.4 Å². The Balaban J connectivity index is 1.64. The van der Waals surface area contributed by atoms with Gasteiger partial charge in [-0.15, -0.1) is 0 Å². The largest absolute Gasteiger partial charge is 0.356 e. The monoisotopic (exact) mass is 364 g/mol. The third-order valence-electron chi connectivity index (χ3n) is 5.77. The Bertz CT molecular complexity index is 866. The number of nitrogens with one attached hydrogen (secondary N) is 1. The molecule has 2 fully saturated rings. The summed E-state index contributed by atoms with van der Waals surface area (Å²) in [5.41, 5.74) is 0.828. The average Bonchev–Trinajstić information content (AvgIpc) is 3.08. The number of hydrogen-bond donors (Lipinski definition) is 2. The van der Waals surface area contributed by atoms with Crippen molar-refractivity contribution in [2.45, 2.75) is 32.2 Å². The molecule has 2 saturated heterocycles. The van der Waals surface area contributed by atoms with Crippen LogP contribution in [0.4, 0.5) is 5.82 Å². The van der Waals surface area contributed by atoms with E-state index in [-0.39, 0.29) is 12.0 Å². The van der Waals surface area contributed by atoms with Gasteiger partial charge in [0.05, 0.1) is 5.39 Å². The van der Waals surface area contributed by atoms with Crippen molar-refractivity contribution in [3.8, 4) is 0 Å². The number of anilines is 1. The quantitative estimate of drug-likeness (QED) is 0.847. The predicted octanol–water partition coefficient (Wildman–Crippen LogP) is 1.09. The molecule has 8 nitrogen and oxygen atoms in total. The minimum absolute atomic E-state index is 0.0416. The fourth-order valence-corrected chi connectivity index (χ4v) is 5.67. The molecule has 3 unspecified atom stereocenters. The molecule has 2 aromatic rings. The normalized spacial score (nSPS) is 28.2. The van der Waals surface area contributed by atoms with Crippen molar-refractivity contribution in [1.82, 2.24) is 19.3 Å². The Morgan fingerprint density at radius 3 is 2.88 bits per heavy atom. The van der Waals surface area contributed by atoms with E-state index < -0.39 is 10.2 Å². The number of piperidine rings is 2. The third-order valence-corrected chi connectivity index (χ3v) is 6.88. The molecule has 2 aromatic heterocycles. The van der Waals surface area contributed by atoms with Crippen molar-refractivity contribution in [3.63, 3.8) is 0 Å². The number of aromatic nitrogens is 3. The standard InChI is InChI=1S/C16H24N6O2S/c1-2-14-13-9-21(16-12-3-6-18-15(12)19-10-20-16)7-4-11(13)5-8-22(14)25(17,23)24/h3,6,10-11,13-14H,2,4-5,7-9H2,1H3,(H2,17,23,24)(H,18,19,20). The smallest absolute Gasteiger partial charge is 0.277 e. The van der Waals surface area contributed by atoms with E-state index in [4.69, 9.17) is 5.14 Å². The van der Waals surface area contributed by atoms with Gasteiger partial charge in [-0.1, -0.05) is 6.92 Å². The van der Waals surface area contributed by atoms with Gasteiger partial charge in [-0.2, -0.15) is 12.7 Å². The Morgan fingerprint density at radius 2 is 2.12 bits per heavy atom. The van der Waals surface area contributed by atoms with Crippen LogP contribution in [0.5, 0.6) is 0 Å². The van der Waals surface area contributed by atoms with Crippen molar-refractivity contribution < 1.29 is 8.42 Å². The maximum absolute atomic E-state index is 12.0. The van der Waals surface area contributed by atoms with Crippen LogP contribution in [0.3, 0.4) is 0 Å². The van der Waals surface area contributed by atoms with Crippen LogP contribution in [0, 0.1) is 11.8 Å². The van der Waals surface area contributed by atoms with Gasteiger partial charge in [0.15, 0.2) is 0 Å². The summed E-state index contributed by atoms with van der Waals surface area (Å²) in [6, 6.07) is 1.95. The first-order chi connectivity index (χ1) is 12.0. The molecule has 0 aliphatic carbocycles. The Morgan fingerprint density at radius 1 is 1.32 bits per heavy atom. The highest BCUT2D eigenvalue weighted by Crippen LogP contribution is 2.39. The van der Waals surface area contributed by atoms with E-state index in [2.05, 4.69) is 19.9 Å². The minimum Gasteiger partial charge on any atom is -0.356 e. The highest BCUT2D eigenvalue weighted by molar-refractivity contribution is 7.86. The molecule has 3 atom stereocenters. The molecule has 3 N–H and O–H groups in total. The highest BCUT2D eigenvalue weighted by Gasteiger charge is 2.43. The second-order valence-corrected chi connectivity index (χ2v) is 8.51. The van der Waals surface area contributed by atoms with Crippen LogP contribution < -0.4 is 10.0 Å². The van der Waals surface area contributed by atoms with Gasteiger partial charge in [-0.3, -0.25) is 0 Å². The maximum Gasteiger partial charge on any atom is 0.277 e. The molecule has 4 heterocycles. The van der Waals surface area contributed by atoms with Crippen molar-refractivity contribution in [2.24, 2.45) is 17.0 Å². The van der Waals surface area contributed by atoms with Crippen LogP contribution in [0.25, 0.3) is 11.0 Å². The van der Waals surface area contributed by atoms with Gasteiger partial charge in [0.2, 0.25) is 0 Å². The molecule has 0 saturated carbocycles. The zero-order valence-electron chi connectivity index (χ0n) is 14.3. The molecular formula is C16H24N6O2S. The lowest BCUT2D eigenvalue weighted by atomic mass is 9.75. The summed E-state index contributed by atoms with van der Waals surface area (Å²) in [5.74, 6) is 1.74. The molecule has 2 aliphatic heterocycles. The van der Waals surface area contributed by atoms with E-state index in [0.717, 1.165) is 49.2 Å². The molecule has 2 aliphatic rings. The van der Waals surface area contributed by atoms with Crippen molar-refractivity contribution in [2.75, 3.05) is 24.5 Å². The first-order valence-corrected chi connectivity index (χ1v) is 10.3. The summed E-state index contributed by atoms with van der Waals surface area (Å²) < 4.78 is 25.5. The third kappa shape index (κ3) is 2.90. The van der Waals surface area contributed by atoms with Gasteiger partial charge in [0.1, 0.15) is 17.8 Å². The molecule has 4 rings (SSSR count). The molecule has 0 bridgehead atoms. The predicted molar refractivity (Wildman–Crippen MR) is 96.2 cm³/mol. The topological polar surface area (TPSA) is 108 Å². The second kappa shape index (κ2) is 6.22. The van der Waals surface area contributed by atoms with Crippen LogP contribution in [0.2, 0.25) is 0 Å². The number of hydrogen-bond acceptors (Lipinski definition) is 5. The molecule has 0 radical (unpaired) electrons. The van der Waals surface area contributed by atoms with Gasteiger partial charge in [0, 0.05) is 31.9 Å². The van der Waals surface area contributed by atoms with E-state index >= 15 is 0 Å². The molecule has 25 heavy (non-hydrogen) atoms. The fourth-order valence-electron chi connectivity index (χ4n) is 4.62. The summed E-state index contributed by atoms with van der Waals surface area (Å²) in [4.78, 5) is 14.1. The second-order valence-electron chi connectivity index (χ2n) is 7.02. The number of H-pyrrole nitrogens is 1. The number of nitrogens with zero attached hydrogens (tertiary/aromatic N) is 4. The van der Waals surface area contributed by atoms with E-state index in [1.54, 1.807) is 6.33 Å². The van der Waals surface area contributed by atoms with Gasteiger partial charge in [0.25, 0.3) is 10.2 Å². The number of rotatable bonds is 3. The van der Waals surface area contributed by atoms with Crippen LogP contribution in [0.15, 0.2) is 18.6 Å². The van der Waals surface area contributed by atoms with E-state index in [0.29, 0.717) is 12.5 Å². The summed E-state index contributed by atoms with van der Waals surface area (Å²) >= 11 is 0. The zero-order chi connectivity index (χ0) is 17.6. The van der Waals surface area contributed by atoms with Crippen LogP contribution in [0.1, 0.15) is 26.2 Å². The Labute approximate surface area is 147 Å². The van der Waals surface area contributed by atoms with Crippen molar-refractivity contribution >= 4 is 27.1 Å². The fraction of sp³-hybridized carbons (Fsp3) is 0.625.